The lowest BCUT2D eigenvalue weighted by molar-refractivity contribution is 0.103. The Balaban J connectivity index is 0.000000140. The van der Waals surface area contributed by atoms with Crippen LogP contribution in [0.2, 0.25) is 0 Å². The molecule has 14 heavy (non-hydrogen) atoms. The quantitative estimate of drug-likeness (QED) is 0.716. The topological polar surface area (TPSA) is 40.5 Å². The zero-order chi connectivity index (χ0) is 10.6. The molecular formula is C12H24O2. The van der Waals surface area contributed by atoms with Crippen LogP contribution in [0.25, 0.3) is 0 Å². The van der Waals surface area contributed by atoms with Crippen LogP contribution in [0, 0.1) is 23.7 Å². The van der Waals surface area contributed by atoms with Gasteiger partial charge in [0.05, 0.1) is 0 Å². The van der Waals surface area contributed by atoms with E-state index < -0.39 is 0 Å². The van der Waals surface area contributed by atoms with E-state index in [0.717, 1.165) is 11.8 Å². The lowest BCUT2D eigenvalue weighted by Crippen LogP contribution is -2.25. The van der Waals surface area contributed by atoms with E-state index in [9.17, 15) is 0 Å². The van der Waals surface area contributed by atoms with Gasteiger partial charge in [0.15, 0.2) is 0 Å². The Labute approximate surface area is 87.3 Å². The predicted octanol–water partition coefficient (Wildman–Crippen LogP) is 2.05. The maximum absolute atomic E-state index is 8.56. The minimum Gasteiger partial charge on any atom is -0.396 e. The van der Waals surface area contributed by atoms with Crippen molar-refractivity contribution in [2.24, 2.45) is 23.7 Å². The maximum atomic E-state index is 8.56. The standard InChI is InChI=1S/2C6H12O/c2*1-5-2-3-6(5)4-7/h2*5-7H,2-4H2,1H3/t2*5-,6-/m10/s1. The Bertz CT molecular complexity index is 136. The highest BCUT2D eigenvalue weighted by Crippen LogP contribution is 2.33. The van der Waals surface area contributed by atoms with Gasteiger partial charge in [0.25, 0.3) is 0 Å². The van der Waals surface area contributed by atoms with Crippen molar-refractivity contribution in [3.05, 3.63) is 0 Å². The van der Waals surface area contributed by atoms with E-state index in [0.29, 0.717) is 25.0 Å². The molecule has 84 valence electrons. The van der Waals surface area contributed by atoms with Gasteiger partial charge in [-0.2, -0.15) is 0 Å². The number of aliphatic hydroxyl groups is 2. The molecule has 2 aliphatic carbocycles. The van der Waals surface area contributed by atoms with Gasteiger partial charge >= 0.3 is 0 Å². The van der Waals surface area contributed by atoms with Crippen LogP contribution >= 0.6 is 0 Å². The van der Waals surface area contributed by atoms with Crippen molar-refractivity contribution in [3.8, 4) is 0 Å². The SMILES string of the molecule is C[C@@H]1CC[C@@H]1CO.C[C@H]1CC[C@H]1CO. The molecule has 0 radical (unpaired) electrons. The van der Waals surface area contributed by atoms with Crippen molar-refractivity contribution in [2.75, 3.05) is 13.2 Å². The van der Waals surface area contributed by atoms with Crippen molar-refractivity contribution in [2.45, 2.75) is 39.5 Å². The molecule has 0 bridgehead atoms. The predicted molar refractivity (Wildman–Crippen MR) is 57.9 cm³/mol. The van der Waals surface area contributed by atoms with Gasteiger partial charge in [-0.05, 0) is 36.5 Å². The van der Waals surface area contributed by atoms with E-state index in [2.05, 4.69) is 13.8 Å². The summed E-state index contributed by atoms with van der Waals surface area (Å²) in [6.45, 7) is 5.21. The monoisotopic (exact) mass is 200 g/mol. The minimum absolute atomic E-state index is 0.404. The van der Waals surface area contributed by atoms with Crippen LogP contribution in [0.3, 0.4) is 0 Å². The summed E-state index contributed by atoms with van der Waals surface area (Å²) in [5, 5.41) is 17.1. The third-order valence-corrected chi connectivity index (χ3v) is 4.06. The second kappa shape index (κ2) is 5.72. The average molecular weight is 200 g/mol. The van der Waals surface area contributed by atoms with Gasteiger partial charge in [0.2, 0.25) is 0 Å². The molecule has 0 aromatic rings. The largest absolute Gasteiger partial charge is 0.396 e. The first kappa shape index (κ1) is 12.0. The fraction of sp³-hybridized carbons (Fsp3) is 1.00. The summed E-state index contributed by atoms with van der Waals surface area (Å²) in [4.78, 5) is 0. The van der Waals surface area contributed by atoms with Crippen molar-refractivity contribution in [3.63, 3.8) is 0 Å². The molecule has 0 aromatic heterocycles. The first-order valence-corrected chi connectivity index (χ1v) is 5.90. The second-order valence-electron chi connectivity index (χ2n) is 4.99. The summed E-state index contributed by atoms with van der Waals surface area (Å²) in [6, 6.07) is 0. The molecule has 2 nitrogen and oxygen atoms in total. The van der Waals surface area contributed by atoms with E-state index in [1.165, 1.54) is 25.7 Å². The molecule has 4 atom stereocenters. The number of hydrogen-bond acceptors (Lipinski definition) is 2. The van der Waals surface area contributed by atoms with Gasteiger partial charge in [-0.25, -0.2) is 0 Å². The molecule has 0 heterocycles. The molecule has 0 amide bonds. The lowest BCUT2D eigenvalue weighted by Gasteiger charge is -2.31. The summed E-state index contributed by atoms with van der Waals surface area (Å²) in [5.41, 5.74) is 0. The summed E-state index contributed by atoms with van der Waals surface area (Å²) in [7, 11) is 0. The van der Waals surface area contributed by atoms with Gasteiger partial charge in [0.1, 0.15) is 0 Å². The molecule has 0 unspecified atom stereocenters. The number of hydrogen-bond donors (Lipinski definition) is 2. The first-order valence-electron chi connectivity index (χ1n) is 5.90. The molecule has 2 aliphatic rings. The molecule has 0 saturated heterocycles. The molecule has 2 fully saturated rings. The Morgan fingerprint density at radius 1 is 0.786 bits per heavy atom. The maximum Gasteiger partial charge on any atom is 0.0461 e. The molecule has 0 spiro atoms. The van der Waals surface area contributed by atoms with E-state index in [-0.39, 0.29) is 0 Å². The van der Waals surface area contributed by atoms with Crippen LogP contribution in [0.1, 0.15) is 39.5 Å². The van der Waals surface area contributed by atoms with Crippen LogP contribution in [-0.2, 0) is 0 Å². The summed E-state index contributed by atoms with van der Waals surface area (Å²) in [5.74, 6) is 2.87. The normalized spacial score (nSPS) is 40.3. The summed E-state index contributed by atoms with van der Waals surface area (Å²) >= 11 is 0. The lowest BCUT2D eigenvalue weighted by atomic mass is 9.76. The van der Waals surface area contributed by atoms with Crippen LogP contribution in [0.4, 0.5) is 0 Å². The van der Waals surface area contributed by atoms with E-state index >= 15 is 0 Å². The Kier molecular flexibility index (Phi) is 4.90. The van der Waals surface area contributed by atoms with Crippen LogP contribution in [0.5, 0.6) is 0 Å². The Morgan fingerprint density at radius 3 is 1.14 bits per heavy atom. The second-order valence-corrected chi connectivity index (χ2v) is 4.99. The van der Waals surface area contributed by atoms with Gasteiger partial charge in [-0.15, -0.1) is 0 Å². The number of rotatable bonds is 2. The van der Waals surface area contributed by atoms with Crippen molar-refractivity contribution in [1.82, 2.24) is 0 Å². The molecule has 2 heteroatoms. The smallest absolute Gasteiger partial charge is 0.0461 e. The average Bonchev–Trinajstić information content (AvgIpc) is 2.16. The fourth-order valence-corrected chi connectivity index (χ4v) is 2.01. The molecule has 0 aliphatic heterocycles. The Morgan fingerprint density at radius 2 is 1.14 bits per heavy atom. The van der Waals surface area contributed by atoms with Crippen LogP contribution < -0.4 is 0 Å². The molecular weight excluding hydrogens is 176 g/mol. The van der Waals surface area contributed by atoms with E-state index in [4.69, 9.17) is 10.2 Å². The number of aliphatic hydroxyl groups excluding tert-OH is 2. The molecule has 2 rings (SSSR count). The summed E-state index contributed by atoms with van der Waals surface area (Å²) in [6.07, 6.45) is 5.14. The van der Waals surface area contributed by atoms with Gasteiger partial charge in [0, 0.05) is 13.2 Å². The zero-order valence-electron chi connectivity index (χ0n) is 9.45. The van der Waals surface area contributed by atoms with Gasteiger partial charge < -0.3 is 10.2 Å². The van der Waals surface area contributed by atoms with Crippen molar-refractivity contribution >= 4 is 0 Å². The van der Waals surface area contributed by atoms with E-state index in [1.54, 1.807) is 0 Å². The van der Waals surface area contributed by atoms with Gasteiger partial charge in [-0.3, -0.25) is 0 Å². The summed E-state index contributed by atoms with van der Waals surface area (Å²) < 4.78 is 0. The minimum atomic E-state index is 0.404. The molecule has 2 N–H and O–H groups in total. The third kappa shape index (κ3) is 2.96. The zero-order valence-corrected chi connectivity index (χ0v) is 9.45. The van der Waals surface area contributed by atoms with Gasteiger partial charge in [-0.1, -0.05) is 26.7 Å². The Hall–Kier alpha value is -0.0800. The van der Waals surface area contributed by atoms with E-state index in [1.807, 2.05) is 0 Å². The highest BCUT2D eigenvalue weighted by molar-refractivity contribution is 4.76. The first-order chi connectivity index (χ1) is 6.69. The van der Waals surface area contributed by atoms with Crippen LogP contribution in [0.15, 0.2) is 0 Å². The van der Waals surface area contributed by atoms with Crippen LogP contribution in [-0.4, -0.2) is 23.4 Å². The van der Waals surface area contributed by atoms with Crippen molar-refractivity contribution < 1.29 is 10.2 Å². The highest BCUT2D eigenvalue weighted by atomic mass is 16.3. The molecule has 0 aromatic carbocycles. The highest BCUT2D eigenvalue weighted by Gasteiger charge is 2.25. The molecule has 2 saturated carbocycles. The van der Waals surface area contributed by atoms with Crippen molar-refractivity contribution in [1.29, 1.82) is 0 Å². The third-order valence-electron chi connectivity index (χ3n) is 4.06. The fourth-order valence-electron chi connectivity index (χ4n) is 2.01.